The minimum Gasteiger partial charge on any atom is -0.497 e. The lowest BCUT2D eigenvalue weighted by atomic mass is 10.0. The van der Waals surface area contributed by atoms with Crippen LogP contribution < -0.4 is 9.47 Å². The van der Waals surface area contributed by atoms with Gasteiger partial charge in [-0.05, 0) is 47.5 Å². The van der Waals surface area contributed by atoms with Gasteiger partial charge in [-0.1, -0.05) is 0 Å². The molecule has 2 N–H and O–H groups in total. The van der Waals surface area contributed by atoms with E-state index in [0.29, 0.717) is 11.5 Å². The second kappa shape index (κ2) is 7.00. The Bertz CT molecular complexity index is 913. The second-order valence-electron chi connectivity index (χ2n) is 5.07. The summed E-state index contributed by atoms with van der Waals surface area (Å²) in [7, 11) is -6.33. The molecule has 0 aliphatic rings. The fraction of sp³-hybridized carbons (Fsp3) is 0.200. The van der Waals surface area contributed by atoms with Gasteiger partial charge in [-0.2, -0.15) is 16.8 Å². The Labute approximate surface area is 145 Å². The van der Waals surface area contributed by atoms with Crippen molar-refractivity contribution in [2.45, 2.75) is 16.2 Å². The van der Waals surface area contributed by atoms with E-state index in [1.54, 1.807) is 0 Å². The maximum absolute atomic E-state index is 11.6. The molecule has 2 aromatic carbocycles. The first-order chi connectivity index (χ1) is 11.6. The van der Waals surface area contributed by atoms with Crippen molar-refractivity contribution < 1.29 is 35.4 Å². The third kappa shape index (κ3) is 4.48. The number of rotatable bonds is 6. The Morgan fingerprint density at radius 2 is 1.12 bits per heavy atom. The largest absolute Gasteiger partial charge is 0.497 e. The number of ether oxygens (including phenoxy) is 2. The van der Waals surface area contributed by atoms with Gasteiger partial charge in [0.2, 0.25) is 0 Å². The molecule has 0 aliphatic heterocycles. The van der Waals surface area contributed by atoms with E-state index in [0.717, 1.165) is 12.1 Å². The van der Waals surface area contributed by atoms with Crippen molar-refractivity contribution in [2.75, 3.05) is 14.2 Å². The Morgan fingerprint density at radius 1 is 0.760 bits per heavy atom. The van der Waals surface area contributed by atoms with Crippen molar-refractivity contribution in [1.82, 2.24) is 0 Å². The summed E-state index contributed by atoms with van der Waals surface area (Å²) in [6, 6.07) is 7.71. The highest BCUT2D eigenvalue weighted by Crippen LogP contribution is 2.29. The molecule has 0 heterocycles. The highest BCUT2D eigenvalue weighted by molar-refractivity contribution is 7.86. The van der Waals surface area contributed by atoms with Gasteiger partial charge >= 0.3 is 0 Å². The van der Waals surface area contributed by atoms with Crippen LogP contribution >= 0.6 is 0 Å². The summed E-state index contributed by atoms with van der Waals surface area (Å²) in [4.78, 5) is -0.783. The molecule has 0 amide bonds. The zero-order valence-electron chi connectivity index (χ0n) is 13.3. The summed E-state index contributed by atoms with van der Waals surface area (Å²) in [5.41, 5.74) is 0.194. The minimum absolute atomic E-state index is 0.0972. The topological polar surface area (TPSA) is 127 Å². The van der Waals surface area contributed by atoms with Crippen LogP contribution in [0.2, 0.25) is 0 Å². The molecule has 0 aromatic heterocycles. The van der Waals surface area contributed by atoms with E-state index in [1.807, 2.05) is 0 Å². The molecule has 136 valence electrons. The molecule has 0 fully saturated rings. The average molecular weight is 388 g/mol. The van der Waals surface area contributed by atoms with Crippen molar-refractivity contribution in [3.63, 3.8) is 0 Å². The number of methoxy groups -OCH3 is 2. The van der Waals surface area contributed by atoms with Crippen LogP contribution in [0.1, 0.15) is 11.1 Å². The summed E-state index contributed by atoms with van der Waals surface area (Å²) in [5.74, 6) is 0.636. The predicted molar refractivity (Wildman–Crippen MR) is 88.4 cm³/mol. The molecule has 8 nitrogen and oxygen atoms in total. The molecule has 0 aliphatic carbocycles. The lowest BCUT2D eigenvalue weighted by molar-refractivity contribution is 0.413. The predicted octanol–water partition coefficient (Wildman–Crippen LogP) is 1.79. The smallest absolute Gasteiger partial charge is 0.294 e. The number of hydrogen-bond donors (Lipinski definition) is 2. The highest BCUT2D eigenvalue weighted by Gasteiger charge is 2.21. The van der Waals surface area contributed by atoms with E-state index in [9.17, 15) is 25.9 Å². The normalized spacial score (nSPS) is 12.0. The molecular formula is C15H16O8S2. The maximum atomic E-state index is 11.6. The van der Waals surface area contributed by atoms with Crippen LogP contribution in [-0.4, -0.2) is 40.2 Å². The molecule has 0 bridgehead atoms. The average Bonchev–Trinajstić information content (AvgIpc) is 2.52. The van der Waals surface area contributed by atoms with Gasteiger partial charge in [0.1, 0.15) is 11.5 Å². The lowest BCUT2D eigenvalue weighted by Crippen LogP contribution is -2.08. The Kier molecular flexibility index (Phi) is 5.37. The summed E-state index contributed by atoms with van der Waals surface area (Å²) in [5, 5.41) is 0. The molecule has 0 saturated heterocycles. The van der Waals surface area contributed by atoms with Crippen LogP contribution in [0.3, 0.4) is 0 Å². The molecule has 0 saturated carbocycles. The standard InChI is InChI=1S/C15H16O8S2/c1-22-12-3-5-14(24(16,17)18)10(8-12)7-11-9-13(23-2)4-6-15(11)25(19,20)21/h3-6,8-9H,7H2,1-2H3,(H,16,17,18)(H,19,20,21). The SMILES string of the molecule is COc1ccc(S(=O)(=O)O)c(Cc2cc(OC)ccc2S(=O)(=O)O)c1. The van der Waals surface area contributed by atoms with Crippen molar-refractivity contribution in [3.05, 3.63) is 47.5 Å². The van der Waals surface area contributed by atoms with E-state index in [1.165, 1.54) is 38.5 Å². The van der Waals surface area contributed by atoms with Gasteiger partial charge in [0, 0.05) is 6.42 Å². The van der Waals surface area contributed by atoms with E-state index < -0.39 is 30.0 Å². The second-order valence-corrected chi connectivity index (χ2v) is 7.85. The first-order valence-corrected chi connectivity index (χ1v) is 9.73. The van der Waals surface area contributed by atoms with Crippen molar-refractivity contribution in [3.8, 4) is 11.5 Å². The van der Waals surface area contributed by atoms with Gasteiger partial charge in [-0.3, -0.25) is 9.11 Å². The molecule has 0 atom stereocenters. The summed E-state index contributed by atoms with van der Waals surface area (Å²) < 4.78 is 75.1. The number of benzene rings is 2. The third-order valence-corrected chi connectivity index (χ3v) is 5.38. The van der Waals surface area contributed by atoms with Gasteiger partial charge < -0.3 is 9.47 Å². The van der Waals surface area contributed by atoms with E-state index >= 15 is 0 Å². The molecule has 2 aromatic rings. The van der Waals surface area contributed by atoms with Gasteiger partial charge in [-0.25, -0.2) is 0 Å². The summed E-state index contributed by atoms with van der Waals surface area (Å²) in [6.45, 7) is 0. The first-order valence-electron chi connectivity index (χ1n) is 6.85. The third-order valence-electron chi connectivity index (χ3n) is 3.47. The lowest BCUT2D eigenvalue weighted by Gasteiger charge is -2.13. The molecule has 10 heteroatoms. The van der Waals surface area contributed by atoms with Crippen LogP contribution in [0.25, 0.3) is 0 Å². The van der Waals surface area contributed by atoms with E-state index in [4.69, 9.17) is 9.47 Å². The zero-order valence-corrected chi connectivity index (χ0v) is 15.0. The van der Waals surface area contributed by atoms with E-state index in [2.05, 4.69) is 0 Å². The van der Waals surface area contributed by atoms with Crippen LogP contribution in [0.15, 0.2) is 46.2 Å². The van der Waals surface area contributed by atoms with E-state index in [-0.39, 0.29) is 17.5 Å². The van der Waals surface area contributed by atoms with Crippen LogP contribution in [0, 0.1) is 0 Å². The van der Waals surface area contributed by atoms with Crippen molar-refractivity contribution in [2.24, 2.45) is 0 Å². The monoisotopic (exact) mass is 388 g/mol. The van der Waals surface area contributed by atoms with Gasteiger partial charge in [0.05, 0.1) is 24.0 Å². The number of hydrogen-bond acceptors (Lipinski definition) is 6. The van der Waals surface area contributed by atoms with Crippen LogP contribution in [0.5, 0.6) is 11.5 Å². The highest BCUT2D eigenvalue weighted by atomic mass is 32.2. The Morgan fingerprint density at radius 3 is 1.40 bits per heavy atom. The first kappa shape index (κ1) is 19.2. The quantitative estimate of drug-likeness (QED) is 0.717. The van der Waals surface area contributed by atoms with Gasteiger partial charge in [0.15, 0.2) is 0 Å². The summed E-state index contributed by atoms with van der Waals surface area (Å²) in [6.07, 6.45) is -0.210. The fourth-order valence-electron chi connectivity index (χ4n) is 2.35. The van der Waals surface area contributed by atoms with Crippen LogP contribution in [-0.2, 0) is 26.7 Å². The molecule has 0 unspecified atom stereocenters. The van der Waals surface area contributed by atoms with Crippen molar-refractivity contribution >= 4 is 20.2 Å². The molecule has 25 heavy (non-hydrogen) atoms. The van der Waals surface area contributed by atoms with Crippen LogP contribution in [0.4, 0.5) is 0 Å². The summed E-state index contributed by atoms with van der Waals surface area (Å²) >= 11 is 0. The molecule has 0 spiro atoms. The van der Waals surface area contributed by atoms with Gasteiger partial charge in [-0.15, -0.1) is 0 Å². The molecular weight excluding hydrogens is 372 g/mol. The molecule has 0 radical (unpaired) electrons. The minimum atomic E-state index is -4.54. The van der Waals surface area contributed by atoms with Crippen molar-refractivity contribution in [1.29, 1.82) is 0 Å². The maximum Gasteiger partial charge on any atom is 0.294 e. The zero-order chi connectivity index (χ0) is 18.8. The Balaban J connectivity index is 2.67. The fourth-order valence-corrected chi connectivity index (χ4v) is 3.76. The Hall–Kier alpha value is -2.14. The van der Waals surface area contributed by atoms with Gasteiger partial charge in [0.25, 0.3) is 20.2 Å². The molecule has 2 rings (SSSR count).